The predicted molar refractivity (Wildman–Crippen MR) is 107 cm³/mol. The van der Waals surface area contributed by atoms with Crippen LogP contribution in [0, 0.1) is 0 Å². The number of benzene rings is 1. The number of esters is 2. The van der Waals surface area contributed by atoms with E-state index in [4.69, 9.17) is 21.1 Å². The second-order valence-corrected chi connectivity index (χ2v) is 7.97. The molecule has 1 aromatic heterocycles. The van der Waals surface area contributed by atoms with Crippen LogP contribution in [0.25, 0.3) is 0 Å². The van der Waals surface area contributed by atoms with Gasteiger partial charge in [-0.1, -0.05) is 23.7 Å². The molecule has 1 atom stereocenters. The summed E-state index contributed by atoms with van der Waals surface area (Å²) in [6.07, 6.45) is 2.05. The predicted octanol–water partition coefficient (Wildman–Crippen LogP) is 3.96. The summed E-state index contributed by atoms with van der Waals surface area (Å²) >= 11 is 7.19. The van der Waals surface area contributed by atoms with Gasteiger partial charge in [0.2, 0.25) is 5.91 Å². The number of aryl methyl sites for hydroxylation is 2. The summed E-state index contributed by atoms with van der Waals surface area (Å²) in [5.74, 6) is -1.68. The van der Waals surface area contributed by atoms with E-state index in [1.54, 1.807) is 12.1 Å². The fourth-order valence-electron chi connectivity index (χ4n) is 3.33. The number of rotatable bonds is 6. The molecule has 28 heavy (non-hydrogen) atoms. The number of carbonyl (C=O) groups excluding carboxylic acids is 3. The third-order valence-corrected chi connectivity index (χ3v) is 6.15. The lowest BCUT2D eigenvalue weighted by molar-refractivity contribution is -0.142. The number of nitrogens with one attached hydrogen (secondary N) is 1. The third kappa shape index (κ3) is 4.20. The number of anilines is 1. The molecule has 1 N–H and O–H groups in total. The Labute approximate surface area is 171 Å². The number of thiophene rings is 1. The molecule has 148 valence electrons. The van der Waals surface area contributed by atoms with E-state index >= 15 is 0 Å². The lowest BCUT2D eigenvalue weighted by atomic mass is 9.99. The molecule has 1 aliphatic rings. The summed E-state index contributed by atoms with van der Waals surface area (Å²) in [6.45, 7) is 0. The number of fused-ring (bicyclic) bond motifs is 1. The maximum absolute atomic E-state index is 12.4. The van der Waals surface area contributed by atoms with E-state index < -0.39 is 11.9 Å². The first-order valence-electron chi connectivity index (χ1n) is 8.80. The number of amides is 1. The number of ether oxygens (including phenoxy) is 2. The minimum atomic E-state index is -0.568. The fourth-order valence-corrected chi connectivity index (χ4v) is 4.74. The largest absolute Gasteiger partial charge is 0.469 e. The minimum absolute atomic E-state index is 0.213. The highest BCUT2D eigenvalue weighted by Crippen LogP contribution is 2.45. The smallest absolute Gasteiger partial charge is 0.341 e. The van der Waals surface area contributed by atoms with Crippen molar-refractivity contribution in [3.8, 4) is 0 Å². The molecule has 0 bridgehead atoms. The van der Waals surface area contributed by atoms with Gasteiger partial charge in [-0.3, -0.25) is 9.59 Å². The van der Waals surface area contributed by atoms with Crippen LogP contribution in [0.2, 0.25) is 5.02 Å². The molecular formula is C20H20ClNO5S. The van der Waals surface area contributed by atoms with E-state index in [1.165, 1.54) is 25.6 Å². The zero-order valence-electron chi connectivity index (χ0n) is 15.5. The molecule has 2 aromatic rings. The van der Waals surface area contributed by atoms with Crippen molar-refractivity contribution in [1.29, 1.82) is 0 Å². The molecule has 6 nitrogen and oxygen atoms in total. The van der Waals surface area contributed by atoms with E-state index in [2.05, 4.69) is 5.32 Å². The molecule has 1 unspecified atom stereocenters. The lowest BCUT2D eigenvalue weighted by Gasteiger charge is -2.11. The van der Waals surface area contributed by atoms with Crippen molar-refractivity contribution in [2.24, 2.45) is 0 Å². The Hall–Kier alpha value is -2.38. The van der Waals surface area contributed by atoms with Gasteiger partial charge in [-0.2, -0.15) is 0 Å². The van der Waals surface area contributed by atoms with Crippen molar-refractivity contribution in [2.45, 2.75) is 31.6 Å². The highest BCUT2D eigenvalue weighted by Gasteiger charge is 2.38. The Morgan fingerprint density at radius 3 is 2.54 bits per heavy atom. The molecule has 1 amide bonds. The van der Waals surface area contributed by atoms with Gasteiger partial charge in [0, 0.05) is 16.3 Å². The maximum atomic E-state index is 12.4. The maximum Gasteiger partial charge on any atom is 0.341 e. The third-order valence-electron chi connectivity index (χ3n) is 4.71. The molecule has 8 heteroatoms. The first-order valence-corrected chi connectivity index (χ1v) is 10.00. The zero-order chi connectivity index (χ0) is 20.3. The molecule has 1 aromatic carbocycles. The van der Waals surface area contributed by atoms with Crippen molar-refractivity contribution >= 4 is 45.8 Å². The SMILES string of the molecule is COC(=O)c1c(NC(=O)CCc2ccc(Cl)cc2)sc2c1C(C(=O)OC)CC2. The number of hydrogen-bond acceptors (Lipinski definition) is 6. The van der Waals surface area contributed by atoms with E-state index in [0.717, 1.165) is 10.4 Å². The summed E-state index contributed by atoms with van der Waals surface area (Å²) in [7, 11) is 2.60. The Kier molecular flexibility index (Phi) is 6.36. The molecule has 3 rings (SSSR count). The summed E-state index contributed by atoms with van der Waals surface area (Å²) in [6, 6.07) is 7.30. The van der Waals surface area contributed by atoms with Crippen LogP contribution >= 0.6 is 22.9 Å². The van der Waals surface area contributed by atoms with Crippen molar-refractivity contribution in [1.82, 2.24) is 0 Å². The molecular weight excluding hydrogens is 402 g/mol. The molecule has 0 saturated carbocycles. The molecule has 0 spiro atoms. The van der Waals surface area contributed by atoms with Gasteiger partial charge in [0.25, 0.3) is 0 Å². The fraction of sp³-hybridized carbons (Fsp3) is 0.350. The van der Waals surface area contributed by atoms with Gasteiger partial charge < -0.3 is 14.8 Å². The monoisotopic (exact) mass is 421 g/mol. The number of methoxy groups -OCH3 is 2. The van der Waals surface area contributed by atoms with Crippen LogP contribution < -0.4 is 5.32 Å². The van der Waals surface area contributed by atoms with Crippen LogP contribution in [0.4, 0.5) is 5.00 Å². The normalized spacial score (nSPS) is 15.0. The van der Waals surface area contributed by atoms with Crippen LogP contribution in [0.5, 0.6) is 0 Å². The number of halogens is 1. The first kappa shape index (κ1) is 20.4. The summed E-state index contributed by atoms with van der Waals surface area (Å²) in [5.41, 5.74) is 1.87. The average molecular weight is 422 g/mol. The van der Waals surface area contributed by atoms with Crippen LogP contribution in [0.15, 0.2) is 24.3 Å². The van der Waals surface area contributed by atoms with Crippen molar-refractivity contribution in [2.75, 3.05) is 19.5 Å². The first-order chi connectivity index (χ1) is 13.4. The second-order valence-electron chi connectivity index (χ2n) is 6.42. The number of hydrogen-bond donors (Lipinski definition) is 1. The van der Waals surface area contributed by atoms with E-state index in [9.17, 15) is 14.4 Å². The van der Waals surface area contributed by atoms with Gasteiger partial charge in [0.15, 0.2) is 0 Å². The van der Waals surface area contributed by atoms with Crippen LogP contribution in [-0.4, -0.2) is 32.1 Å². The zero-order valence-corrected chi connectivity index (χ0v) is 17.1. The van der Waals surface area contributed by atoms with Crippen LogP contribution in [0.3, 0.4) is 0 Å². The summed E-state index contributed by atoms with van der Waals surface area (Å²) in [4.78, 5) is 37.8. The Balaban J connectivity index is 1.78. The summed E-state index contributed by atoms with van der Waals surface area (Å²) < 4.78 is 9.76. The molecule has 0 saturated heterocycles. The minimum Gasteiger partial charge on any atom is -0.469 e. The van der Waals surface area contributed by atoms with Crippen molar-refractivity contribution in [3.63, 3.8) is 0 Å². The van der Waals surface area contributed by atoms with Crippen molar-refractivity contribution in [3.05, 3.63) is 50.9 Å². The van der Waals surface area contributed by atoms with E-state index in [1.807, 2.05) is 12.1 Å². The van der Waals surface area contributed by atoms with Gasteiger partial charge in [0.1, 0.15) is 5.00 Å². The summed E-state index contributed by atoms with van der Waals surface area (Å²) in [5, 5.41) is 3.88. The highest BCUT2D eigenvalue weighted by atomic mass is 35.5. The topological polar surface area (TPSA) is 81.7 Å². The molecule has 0 aliphatic heterocycles. The van der Waals surface area contributed by atoms with Gasteiger partial charge in [-0.05, 0) is 42.5 Å². The molecule has 0 radical (unpaired) electrons. The van der Waals surface area contributed by atoms with E-state index in [-0.39, 0.29) is 23.9 Å². The van der Waals surface area contributed by atoms with Crippen LogP contribution in [-0.2, 0) is 31.9 Å². The van der Waals surface area contributed by atoms with E-state index in [0.29, 0.717) is 34.8 Å². The van der Waals surface area contributed by atoms with Gasteiger partial charge in [0.05, 0.1) is 25.7 Å². The van der Waals surface area contributed by atoms with Crippen molar-refractivity contribution < 1.29 is 23.9 Å². The lowest BCUT2D eigenvalue weighted by Crippen LogP contribution is -2.17. The van der Waals surface area contributed by atoms with Crippen LogP contribution in [0.1, 0.15) is 45.1 Å². The average Bonchev–Trinajstić information content (AvgIpc) is 3.25. The highest BCUT2D eigenvalue weighted by molar-refractivity contribution is 7.17. The number of carbonyl (C=O) groups is 3. The Bertz CT molecular complexity index is 906. The van der Waals surface area contributed by atoms with Gasteiger partial charge >= 0.3 is 11.9 Å². The quantitative estimate of drug-likeness (QED) is 0.714. The van der Waals surface area contributed by atoms with Gasteiger partial charge in [-0.25, -0.2) is 4.79 Å². The molecule has 0 fully saturated rings. The van der Waals surface area contributed by atoms with Gasteiger partial charge in [-0.15, -0.1) is 11.3 Å². The second kappa shape index (κ2) is 8.75. The Morgan fingerprint density at radius 2 is 1.89 bits per heavy atom. The molecule has 1 heterocycles. The molecule has 1 aliphatic carbocycles. The Morgan fingerprint density at radius 1 is 1.18 bits per heavy atom. The standard InChI is InChI=1S/C20H20ClNO5S/c1-26-19(24)13-8-9-14-16(13)17(20(25)27-2)18(28-14)22-15(23)10-5-11-3-6-12(21)7-4-11/h3-4,6-7,13H,5,8-10H2,1-2H3,(H,22,23).